The minimum absolute atomic E-state index is 0.0591. The maximum Gasteiger partial charge on any atom is 0.227 e. The molecule has 1 fully saturated rings. The molecule has 1 aliphatic heterocycles. The van der Waals surface area contributed by atoms with E-state index < -0.39 is 0 Å². The summed E-state index contributed by atoms with van der Waals surface area (Å²) < 4.78 is 0. The quantitative estimate of drug-likeness (QED) is 0.759. The fourth-order valence-electron chi connectivity index (χ4n) is 3.93. The SMILES string of the molecule is CCCC(C(=O)NCC(c1ccccc1)N1CCCC1)c1ccccc1. The first-order valence-electron chi connectivity index (χ1n) is 9.91. The van der Waals surface area contributed by atoms with Gasteiger partial charge < -0.3 is 5.32 Å². The normalized spacial score (nSPS) is 17.0. The number of likely N-dealkylation sites (tertiary alicyclic amines) is 1. The molecule has 1 N–H and O–H groups in total. The summed E-state index contributed by atoms with van der Waals surface area (Å²) in [6.07, 6.45) is 4.39. The Morgan fingerprint density at radius 3 is 2.12 bits per heavy atom. The number of carbonyl (C=O) groups is 1. The van der Waals surface area contributed by atoms with Crippen LogP contribution in [0.1, 0.15) is 55.7 Å². The van der Waals surface area contributed by atoms with Gasteiger partial charge in [0.25, 0.3) is 0 Å². The van der Waals surface area contributed by atoms with Gasteiger partial charge >= 0.3 is 0 Å². The Morgan fingerprint density at radius 2 is 1.54 bits per heavy atom. The van der Waals surface area contributed by atoms with Crippen molar-refractivity contribution in [3.8, 4) is 0 Å². The standard InChI is InChI=1S/C23H30N2O/c1-2-11-21(19-12-5-3-6-13-19)23(26)24-18-22(25-16-9-10-17-25)20-14-7-4-8-15-20/h3-8,12-15,21-22H,2,9-11,16-18H2,1H3,(H,24,26). The second kappa shape index (κ2) is 9.54. The van der Waals surface area contributed by atoms with Crippen molar-refractivity contribution in [1.29, 1.82) is 0 Å². The van der Waals surface area contributed by atoms with Crippen molar-refractivity contribution in [1.82, 2.24) is 10.2 Å². The van der Waals surface area contributed by atoms with Gasteiger partial charge in [0.15, 0.2) is 0 Å². The fourth-order valence-corrected chi connectivity index (χ4v) is 3.93. The van der Waals surface area contributed by atoms with Gasteiger partial charge in [0.05, 0.1) is 12.0 Å². The Balaban J connectivity index is 1.70. The first-order chi connectivity index (χ1) is 12.8. The summed E-state index contributed by atoms with van der Waals surface area (Å²) >= 11 is 0. The third-order valence-corrected chi connectivity index (χ3v) is 5.33. The van der Waals surface area contributed by atoms with E-state index in [-0.39, 0.29) is 17.9 Å². The minimum atomic E-state index is -0.0591. The van der Waals surface area contributed by atoms with E-state index in [1.54, 1.807) is 0 Å². The van der Waals surface area contributed by atoms with Gasteiger partial charge in [-0.05, 0) is 43.5 Å². The lowest BCUT2D eigenvalue weighted by atomic mass is 9.93. The van der Waals surface area contributed by atoms with E-state index in [2.05, 4.69) is 59.6 Å². The fraction of sp³-hybridized carbons (Fsp3) is 0.435. The van der Waals surface area contributed by atoms with Crippen LogP contribution in [0, 0.1) is 0 Å². The van der Waals surface area contributed by atoms with Gasteiger partial charge in [-0.25, -0.2) is 0 Å². The van der Waals surface area contributed by atoms with E-state index in [0.717, 1.165) is 31.5 Å². The van der Waals surface area contributed by atoms with Crippen LogP contribution in [0.2, 0.25) is 0 Å². The van der Waals surface area contributed by atoms with Crippen LogP contribution in [0.3, 0.4) is 0 Å². The van der Waals surface area contributed by atoms with Gasteiger partial charge in [-0.1, -0.05) is 74.0 Å². The predicted molar refractivity (Wildman–Crippen MR) is 107 cm³/mol. The summed E-state index contributed by atoms with van der Waals surface area (Å²) in [5.74, 6) is 0.0920. The molecule has 0 aliphatic carbocycles. The van der Waals surface area contributed by atoms with Crippen molar-refractivity contribution >= 4 is 5.91 Å². The highest BCUT2D eigenvalue weighted by Crippen LogP contribution is 2.26. The summed E-state index contributed by atoms with van der Waals surface area (Å²) in [4.78, 5) is 15.5. The molecule has 2 aromatic rings. The number of nitrogens with one attached hydrogen (secondary N) is 1. The highest BCUT2D eigenvalue weighted by molar-refractivity contribution is 5.83. The minimum Gasteiger partial charge on any atom is -0.354 e. The summed E-state index contributed by atoms with van der Waals surface area (Å²) in [6.45, 7) is 5.05. The third-order valence-electron chi connectivity index (χ3n) is 5.33. The molecule has 0 bridgehead atoms. The maximum absolute atomic E-state index is 13.0. The van der Waals surface area contributed by atoms with Gasteiger partial charge in [-0.2, -0.15) is 0 Å². The molecule has 0 saturated carbocycles. The molecule has 0 spiro atoms. The van der Waals surface area contributed by atoms with Crippen LogP contribution < -0.4 is 5.32 Å². The Kier molecular flexibility index (Phi) is 6.84. The molecule has 1 amide bonds. The Hall–Kier alpha value is -2.13. The molecule has 1 saturated heterocycles. The number of carbonyl (C=O) groups excluding carboxylic acids is 1. The van der Waals surface area contributed by atoms with Gasteiger partial charge in [0.1, 0.15) is 0 Å². The van der Waals surface area contributed by atoms with Gasteiger partial charge in [-0.3, -0.25) is 9.69 Å². The summed E-state index contributed by atoms with van der Waals surface area (Å²) in [5.41, 5.74) is 2.41. The van der Waals surface area contributed by atoms with Crippen molar-refractivity contribution < 1.29 is 4.79 Å². The molecule has 26 heavy (non-hydrogen) atoms. The molecule has 2 aromatic carbocycles. The first kappa shape index (κ1) is 18.7. The molecule has 3 rings (SSSR count). The van der Waals surface area contributed by atoms with Crippen LogP contribution >= 0.6 is 0 Å². The Morgan fingerprint density at radius 1 is 0.962 bits per heavy atom. The molecule has 1 aliphatic rings. The zero-order valence-electron chi connectivity index (χ0n) is 15.7. The Labute approximate surface area is 157 Å². The molecule has 3 heteroatoms. The van der Waals surface area contributed by atoms with Gasteiger partial charge in [-0.15, -0.1) is 0 Å². The number of nitrogens with zero attached hydrogens (tertiary/aromatic N) is 1. The van der Waals surface area contributed by atoms with Crippen molar-refractivity contribution in [2.24, 2.45) is 0 Å². The molecule has 1 heterocycles. The molecule has 3 nitrogen and oxygen atoms in total. The highest BCUT2D eigenvalue weighted by atomic mass is 16.1. The van der Waals surface area contributed by atoms with Crippen LogP contribution in [-0.4, -0.2) is 30.4 Å². The van der Waals surface area contributed by atoms with Crippen molar-refractivity contribution in [3.63, 3.8) is 0 Å². The van der Waals surface area contributed by atoms with E-state index in [9.17, 15) is 4.79 Å². The van der Waals surface area contributed by atoms with Crippen LogP contribution in [-0.2, 0) is 4.79 Å². The molecule has 0 radical (unpaired) electrons. The number of rotatable bonds is 8. The van der Waals surface area contributed by atoms with Crippen molar-refractivity contribution in [3.05, 3.63) is 71.8 Å². The first-order valence-corrected chi connectivity index (χ1v) is 9.91. The number of hydrogen-bond acceptors (Lipinski definition) is 2. The zero-order chi connectivity index (χ0) is 18.2. The van der Waals surface area contributed by atoms with Gasteiger partial charge in [0.2, 0.25) is 5.91 Å². The van der Waals surface area contributed by atoms with E-state index in [1.807, 2.05) is 18.2 Å². The van der Waals surface area contributed by atoms with E-state index in [0.29, 0.717) is 6.54 Å². The summed E-state index contributed by atoms with van der Waals surface area (Å²) in [6, 6.07) is 21.0. The van der Waals surface area contributed by atoms with Crippen LogP contribution in [0.4, 0.5) is 0 Å². The van der Waals surface area contributed by atoms with E-state index >= 15 is 0 Å². The van der Waals surface area contributed by atoms with Crippen LogP contribution in [0.25, 0.3) is 0 Å². The summed E-state index contributed by atoms with van der Waals surface area (Å²) in [7, 11) is 0. The Bertz CT molecular complexity index is 665. The van der Waals surface area contributed by atoms with Gasteiger partial charge in [0, 0.05) is 6.54 Å². The highest BCUT2D eigenvalue weighted by Gasteiger charge is 2.25. The topological polar surface area (TPSA) is 32.3 Å². The van der Waals surface area contributed by atoms with Crippen molar-refractivity contribution in [2.45, 2.75) is 44.6 Å². The van der Waals surface area contributed by atoms with E-state index in [1.165, 1.54) is 18.4 Å². The molecular weight excluding hydrogens is 320 g/mol. The second-order valence-corrected chi connectivity index (χ2v) is 7.17. The molecule has 2 unspecified atom stereocenters. The molecular formula is C23H30N2O. The molecule has 138 valence electrons. The smallest absolute Gasteiger partial charge is 0.227 e. The maximum atomic E-state index is 13.0. The largest absolute Gasteiger partial charge is 0.354 e. The average molecular weight is 351 g/mol. The van der Waals surface area contributed by atoms with Crippen molar-refractivity contribution in [2.75, 3.05) is 19.6 Å². The number of benzene rings is 2. The lowest BCUT2D eigenvalue weighted by Crippen LogP contribution is -2.38. The average Bonchev–Trinajstić information content (AvgIpc) is 3.22. The lowest BCUT2D eigenvalue weighted by molar-refractivity contribution is -0.123. The third kappa shape index (κ3) is 4.73. The summed E-state index contributed by atoms with van der Waals surface area (Å²) in [5, 5.41) is 3.26. The number of hydrogen-bond donors (Lipinski definition) is 1. The predicted octanol–water partition coefficient (Wildman–Crippen LogP) is 4.52. The number of amides is 1. The molecule has 0 aromatic heterocycles. The monoisotopic (exact) mass is 350 g/mol. The lowest BCUT2D eigenvalue weighted by Gasteiger charge is -2.29. The van der Waals surface area contributed by atoms with Crippen LogP contribution in [0.5, 0.6) is 0 Å². The second-order valence-electron chi connectivity index (χ2n) is 7.17. The van der Waals surface area contributed by atoms with E-state index in [4.69, 9.17) is 0 Å². The van der Waals surface area contributed by atoms with Crippen LogP contribution in [0.15, 0.2) is 60.7 Å². The molecule has 2 atom stereocenters. The zero-order valence-corrected chi connectivity index (χ0v) is 15.7.